The molecule has 0 radical (unpaired) electrons. The number of rotatable bonds is 2. The first-order chi connectivity index (χ1) is 7.18. The van der Waals surface area contributed by atoms with Crippen LogP contribution in [0.2, 0.25) is 0 Å². The van der Waals surface area contributed by atoms with E-state index in [0.29, 0.717) is 0 Å². The van der Waals surface area contributed by atoms with Crippen molar-refractivity contribution in [3.63, 3.8) is 0 Å². The molecule has 2 rings (SSSR count). The van der Waals surface area contributed by atoms with Crippen LogP contribution in [0, 0.1) is 5.82 Å². The van der Waals surface area contributed by atoms with Crippen molar-refractivity contribution in [1.29, 1.82) is 0 Å². The van der Waals surface area contributed by atoms with E-state index in [-0.39, 0.29) is 11.8 Å². The van der Waals surface area contributed by atoms with Crippen LogP contribution < -0.4 is 10.4 Å². The highest BCUT2D eigenvalue weighted by molar-refractivity contribution is 5.26. The van der Waals surface area contributed by atoms with Gasteiger partial charge in [0.25, 0.3) is 0 Å². The van der Waals surface area contributed by atoms with Crippen molar-refractivity contribution in [2.75, 3.05) is 0 Å². The van der Waals surface area contributed by atoms with Crippen molar-refractivity contribution in [3.05, 3.63) is 40.6 Å². The maximum Gasteiger partial charge on any atom is 0.345 e. The molecule has 0 aliphatic heterocycles. The summed E-state index contributed by atoms with van der Waals surface area (Å²) in [5.74, 6) is -0.479. The van der Waals surface area contributed by atoms with Crippen LogP contribution in [0.1, 0.15) is 0 Å². The van der Waals surface area contributed by atoms with Gasteiger partial charge in [-0.3, -0.25) is 0 Å². The molecule has 1 aromatic heterocycles. The van der Waals surface area contributed by atoms with Gasteiger partial charge in [-0.05, 0) is 12.1 Å². The number of nitrogens with zero attached hydrogens (tertiary/aromatic N) is 2. The van der Waals surface area contributed by atoms with E-state index in [2.05, 4.69) is 10.2 Å². The fourth-order valence-electron chi connectivity index (χ4n) is 1.05. The highest BCUT2D eigenvalue weighted by atomic mass is 19.1. The van der Waals surface area contributed by atoms with Gasteiger partial charge in [-0.1, -0.05) is 12.1 Å². The van der Waals surface area contributed by atoms with Crippen molar-refractivity contribution in [2.45, 2.75) is 0 Å². The summed E-state index contributed by atoms with van der Waals surface area (Å²) in [7, 11) is 1.47. The van der Waals surface area contributed by atoms with E-state index in [9.17, 15) is 9.18 Å². The summed E-state index contributed by atoms with van der Waals surface area (Å²) in [6, 6.07) is 5.91. The minimum Gasteiger partial charge on any atom is -0.421 e. The first-order valence-electron chi connectivity index (χ1n) is 4.22. The third-order valence-corrected chi connectivity index (χ3v) is 1.88. The van der Waals surface area contributed by atoms with Gasteiger partial charge in [0.15, 0.2) is 11.6 Å². The van der Waals surface area contributed by atoms with Gasteiger partial charge in [-0.2, -0.15) is 0 Å². The van der Waals surface area contributed by atoms with Crippen LogP contribution in [0.3, 0.4) is 0 Å². The second kappa shape index (κ2) is 3.56. The van der Waals surface area contributed by atoms with Gasteiger partial charge in [0.2, 0.25) is 0 Å². The summed E-state index contributed by atoms with van der Waals surface area (Å²) in [4.78, 5) is 11.0. The van der Waals surface area contributed by atoms with Crippen LogP contribution in [0.5, 0.6) is 11.8 Å². The number of nitrogens with one attached hydrogen (secondary N) is 1. The van der Waals surface area contributed by atoms with Crippen LogP contribution >= 0.6 is 0 Å². The highest BCUT2D eigenvalue weighted by Gasteiger charge is 2.09. The molecule has 0 amide bonds. The smallest absolute Gasteiger partial charge is 0.345 e. The van der Waals surface area contributed by atoms with Gasteiger partial charge in [0.05, 0.1) is 0 Å². The lowest BCUT2D eigenvalue weighted by Gasteiger charge is -2.03. The summed E-state index contributed by atoms with van der Waals surface area (Å²) in [6.07, 6.45) is 0. The number of aromatic amines is 1. The fourth-order valence-corrected chi connectivity index (χ4v) is 1.05. The molecule has 0 aliphatic carbocycles. The number of hydrogen-bond acceptors (Lipinski definition) is 3. The molecule has 0 fully saturated rings. The van der Waals surface area contributed by atoms with Gasteiger partial charge in [0, 0.05) is 7.05 Å². The van der Waals surface area contributed by atoms with Crippen LogP contribution in [0.4, 0.5) is 4.39 Å². The first-order valence-corrected chi connectivity index (χ1v) is 4.22. The number of aromatic nitrogens is 3. The molecule has 6 heteroatoms. The zero-order valence-corrected chi connectivity index (χ0v) is 7.90. The van der Waals surface area contributed by atoms with Crippen molar-refractivity contribution >= 4 is 0 Å². The summed E-state index contributed by atoms with van der Waals surface area (Å²) < 4.78 is 19.4. The Morgan fingerprint density at radius 2 is 2.20 bits per heavy atom. The average Bonchev–Trinajstić information content (AvgIpc) is 2.53. The zero-order chi connectivity index (χ0) is 10.8. The Labute approximate surface area is 84.1 Å². The molecule has 0 saturated carbocycles. The SMILES string of the molecule is Cn1c(Oc2ccccc2F)n[nH]c1=O. The van der Waals surface area contributed by atoms with Gasteiger partial charge in [0.1, 0.15) is 0 Å². The van der Waals surface area contributed by atoms with E-state index < -0.39 is 11.5 Å². The maximum absolute atomic E-state index is 13.2. The monoisotopic (exact) mass is 209 g/mol. The molecular weight excluding hydrogens is 201 g/mol. The van der Waals surface area contributed by atoms with E-state index in [4.69, 9.17) is 4.74 Å². The van der Waals surface area contributed by atoms with E-state index in [1.54, 1.807) is 12.1 Å². The lowest BCUT2D eigenvalue weighted by molar-refractivity contribution is 0.395. The molecular formula is C9H8FN3O2. The summed E-state index contributed by atoms with van der Waals surface area (Å²) in [6.45, 7) is 0. The Morgan fingerprint density at radius 1 is 1.47 bits per heavy atom. The standard InChI is InChI=1S/C9H8FN3O2/c1-13-8(14)11-12-9(13)15-7-5-3-2-4-6(7)10/h2-5H,1H3,(H,11,14). The lowest BCUT2D eigenvalue weighted by Crippen LogP contribution is -2.12. The number of para-hydroxylation sites is 1. The molecule has 15 heavy (non-hydrogen) atoms. The summed E-state index contributed by atoms with van der Waals surface area (Å²) in [5, 5.41) is 5.77. The molecule has 0 aliphatic rings. The Balaban J connectivity index is 2.34. The number of H-pyrrole nitrogens is 1. The molecule has 0 unspecified atom stereocenters. The zero-order valence-electron chi connectivity index (χ0n) is 7.90. The average molecular weight is 209 g/mol. The van der Waals surface area contributed by atoms with Crippen molar-refractivity contribution in [3.8, 4) is 11.8 Å². The second-order valence-electron chi connectivity index (χ2n) is 2.90. The molecule has 0 atom stereocenters. The number of halogens is 1. The Bertz CT molecular complexity index is 532. The predicted molar refractivity (Wildman–Crippen MR) is 50.3 cm³/mol. The molecule has 0 bridgehead atoms. The van der Waals surface area contributed by atoms with Gasteiger partial charge >= 0.3 is 11.7 Å². The largest absolute Gasteiger partial charge is 0.421 e. The molecule has 0 spiro atoms. The van der Waals surface area contributed by atoms with Crippen molar-refractivity contribution in [2.24, 2.45) is 7.05 Å². The molecule has 1 N–H and O–H groups in total. The molecule has 78 valence electrons. The third kappa shape index (κ3) is 1.74. The van der Waals surface area contributed by atoms with Crippen LogP contribution in [0.15, 0.2) is 29.1 Å². The minimum absolute atomic E-state index is 0.0186. The van der Waals surface area contributed by atoms with E-state index in [0.717, 1.165) is 4.57 Å². The number of hydrogen-bond donors (Lipinski definition) is 1. The van der Waals surface area contributed by atoms with Crippen LogP contribution in [-0.2, 0) is 7.05 Å². The van der Waals surface area contributed by atoms with Crippen LogP contribution in [0.25, 0.3) is 0 Å². The number of benzene rings is 1. The van der Waals surface area contributed by atoms with Gasteiger partial charge < -0.3 is 4.74 Å². The quantitative estimate of drug-likeness (QED) is 0.803. The van der Waals surface area contributed by atoms with Crippen LogP contribution in [-0.4, -0.2) is 14.8 Å². The number of ether oxygens (including phenoxy) is 1. The van der Waals surface area contributed by atoms with E-state index in [1.165, 1.54) is 19.2 Å². The fraction of sp³-hybridized carbons (Fsp3) is 0.111. The maximum atomic E-state index is 13.2. The Kier molecular flexibility index (Phi) is 2.24. The Morgan fingerprint density at radius 3 is 2.80 bits per heavy atom. The molecule has 0 saturated heterocycles. The van der Waals surface area contributed by atoms with Crippen molar-refractivity contribution < 1.29 is 9.13 Å². The molecule has 2 aromatic rings. The normalized spacial score (nSPS) is 10.3. The van der Waals surface area contributed by atoms with Gasteiger partial charge in [-0.25, -0.2) is 18.9 Å². The Hall–Kier alpha value is -2.11. The first kappa shape index (κ1) is 9.45. The summed E-state index contributed by atoms with van der Waals surface area (Å²) >= 11 is 0. The highest BCUT2D eigenvalue weighted by Crippen LogP contribution is 2.20. The lowest BCUT2D eigenvalue weighted by atomic mass is 10.3. The molecule has 5 nitrogen and oxygen atoms in total. The summed E-state index contributed by atoms with van der Waals surface area (Å²) in [5.41, 5.74) is -0.415. The van der Waals surface area contributed by atoms with E-state index >= 15 is 0 Å². The molecule has 1 heterocycles. The third-order valence-electron chi connectivity index (χ3n) is 1.88. The van der Waals surface area contributed by atoms with Gasteiger partial charge in [-0.15, -0.1) is 5.10 Å². The predicted octanol–water partition coefficient (Wildman–Crippen LogP) is 1.04. The topological polar surface area (TPSA) is 59.9 Å². The van der Waals surface area contributed by atoms with E-state index in [1.807, 2.05) is 0 Å². The van der Waals surface area contributed by atoms with Crippen molar-refractivity contribution in [1.82, 2.24) is 14.8 Å². The molecule has 1 aromatic carbocycles. The minimum atomic E-state index is -0.507. The second-order valence-corrected chi connectivity index (χ2v) is 2.90.